The largest absolute Gasteiger partial charge is 0.330 e. The van der Waals surface area contributed by atoms with Gasteiger partial charge in [0, 0.05) is 11.1 Å². The van der Waals surface area contributed by atoms with Crippen molar-refractivity contribution >= 4 is 11.7 Å². The zero-order valence-electron chi connectivity index (χ0n) is 19.6. The van der Waals surface area contributed by atoms with Crippen LogP contribution in [0.25, 0.3) is 11.4 Å². The summed E-state index contributed by atoms with van der Waals surface area (Å²) in [5, 5.41) is 3.31. The van der Waals surface area contributed by atoms with E-state index in [-0.39, 0.29) is 17.1 Å². The Morgan fingerprint density at radius 2 is 1.55 bits per heavy atom. The summed E-state index contributed by atoms with van der Waals surface area (Å²) >= 11 is 0. The summed E-state index contributed by atoms with van der Waals surface area (Å²) in [6.07, 6.45) is 7.40. The van der Waals surface area contributed by atoms with Gasteiger partial charge in [-0.2, -0.15) is 0 Å². The first-order valence-electron chi connectivity index (χ1n) is 11.6. The molecule has 33 heavy (non-hydrogen) atoms. The van der Waals surface area contributed by atoms with E-state index in [9.17, 15) is 4.79 Å². The number of nitrogens with zero attached hydrogens (tertiary/aromatic N) is 4. The minimum absolute atomic E-state index is 0.00343. The maximum atomic E-state index is 13.0. The number of nitrogens with one attached hydrogen (secondary N) is 1. The maximum absolute atomic E-state index is 13.0. The third-order valence-electron chi connectivity index (χ3n) is 7.54. The Labute approximate surface area is 195 Å². The summed E-state index contributed by atoms with van der Waals surface area (Å²) < 4.78 is 0. The van der Waals surface area contributed by atoms with Gasteiger partial charge in [-0.1, -0.05) is 60.2 Å². The number of hydrogen-bond acceptors (Lipinski definition) is 4. The first-order valence-corrected chi connectivity index (χ1v) is 11.6. The molecule has 1 saturated carbocycles. The number of carbonyl (C=O) groups is 1. The molecule has 1 aliphatic heterocycles. The SMILES string of the molecule is Cc1ccc(-c2ncc(N3CC4(CCC(c5ccccc5)(N(C)C)CC4)NC3=O)cn2)cc1. The molecule has 170 valence electrons. The molecule has 1 spiro atoms. The average molecular weight is 442 g/mol. The van der Waals surface area contributed by atoms with Crippen molar-refractivity contribution in [1.29, 1.82) is 0 Å². The number of hydrogen-bond donors (Lipinski definition) is 1. The van der Waals surface area contributed by atoms with Crippen LogP contribution in [-0.2, 0) is 5.54 Å². The van der Waals surface area contributed by atoms with E-state index in [1.54, 1.807) is 17.3 Å². The van der Waals surface area contributed by atoms with Gasteiger partial charge in [-0.15, -0.1) is 0 Å². The second-order valence-corrected chi connectivity index (χ2v) is 9.72. The van der Waals surface area contributed by atoms with Crippen LogP contribution in [0, 0.1) is 6.92 Å². The average Bonchev–Trinajstić information content (AvgIpc) is 3.16. The molecule has 0 bridgehead atoms. The lowest BCUT2D eigenvalue weighted by Crippen LogP contribution is -2.54. The molecule has 2 fully saturated rings. The normalized spacial score (nSPS) is 25.0. The van der Waals surface area contributed by atoms with E-state index in [2.05, 4.69) is 83.7 Å². The molecule has 0 unspecified atom stereocenters. The first kappa shape index (κ1) is 21.6. The molecule has 3 aromatic rings. The van der Waals surface area contributed by atoms with Crippen LogP contribution in [0.15, 0.2) is 67.0 Å². The van der Waals surface area contributed by atoms with Gasteiger partial charge < -0.3 is 5.32 Å². The molecule has 2 amide bonds. The van der Waals surface area contributed by atoms with Gasteiger partial charge in [0.25, 0.3) is 0 Å². The summed E-state index contributed by atoms with van der Waals surface area (Å²) in [7, 11) is 4.33. The predicted octanol–water partition coefficient (Wildman–Crippen LogP) is 4.75. The Morgan fingerprint density at radius 1 is 0.909 bits per heavy atom. The van der Waals surface area contributed by atoms with Crippen molar-refractivity contribution in [1.82, 2.24) is 20.2 Å². The standard InChI is InChI=1S/C27H31N5O/c1-20-9-11-21(12-10-20)24-28-17-23(18-29-24)32-19-26(30-25(32)33)13-15-27(16-14-26,31(2)3)22-7-5-4-6-8-22/h4-12,17-18H,13-16,19H2,1-3H3,(H,30,33). The Hall–Kier alpha value is -3.25. The zero-order valence-corrected chi connectivity index (χ0v) is 19.6. The van der Waals surface area contributed by atoms with Crippen LogP contribution < -0.4 is 10.2 Å². The highest BCUT2D eigenvalue weighted by molar-refractivity contribution is 5.95. The van der Waals surface area contributed by atoms with Crippen LogP contribution in [0.2, 0.25) is 0 Å². The van der Waals surface area contributed by atoms with Crippen LogP contribution >= 0.6 is 0 Å². The van der Waals surface area contributed by atoms with Gasteiger partial charge in [-0.3, -0.25) is 9.80 Å². The Morgan fingerprint density at radius 3 is 2.15 bits per heavy atom. The monoisotopic (exact) mass is 441 g/mol. The van der Waals surface area contributed by atoms with Crippen molar-refractivity contribution in [3.63, 3.8) is 0 Å². The molecule has 1 saturated heterocycles. The zero-order chi connectivity index (χ0) is 23.1. The highest BCUT2D eigenvalue weighted by atomic mass is 16.2. The van der Waals surface area contributed by atoms with Crippen LogP contribution in [0.1, 0.15) is 36.8 Å². The fraction of sp³-hybridized carbons (Fsp3) is 0.370. The fourth-order valence-corrected chi connectivity index (χ4v) is 5.40. The lowest BCUT2D eigenvalue weighted by atomic mass is 9.69. The van der Waals surface area contributed by atoms with Gasteiger partial charge >= 0.3 is 6.03 Å². The van der Waals surface area contributed by atoms with E-state index in [1.165, 1.54) is 11.1 Å². The van der Waals surface area contributed by atoms with E-state index in [0.29, 0.717) is 12.4 Å². The molecular weight excluding hydrogens is 410 g/mol. The number of rotatable bonds is 4. The lowest BCUT2D eigenvalue weighted by molar-refractivity contribution is 0.0658. The number of aromatic nitrogens is 2. The second-order valence-electron chi connectivity index (χ2n) is 9.72. The third kappa shape index (κ3) is 3.89. The van der Waals surface area contributed by atoms with Crippen LogP contribution in [0.4, 0.5) is 10.5 Å². The van der Waals surface area contributed by atoms with Crippen molar-refractivity contribution < 1.29 is 4.79 Å². The van der Waals surface area contributed by atoms with E-state index in [0.717, 1.165) is 36.9 Å². The molecule has 0 atom stereocenters. The van der Waals surface area contributed by atoms with E-state index in [4.69, 9.17) is 0 Å². The lowest BCUT2D eigenvalue weighted by Gasteiger charge is -2.48. The topological polar surface area (TPSA) is 61.4 Å². The number of amides is 2. The molecule has 0 radical (unpaired) electrons. The summed E-state index contributed by atoms with van der Waals surface area (Å²) in [5.74, 6) is 0.671. The molecule has 1 aromatic heterocycles. The Balaban J connectivity index is 1.32. The van der Waals surface area contributed by atoms with Gasteiger partial charge in [0.1, 0.15) is 0 Å². The molecule has 2 aromatic carbocycles. The van der Waals surface area contributed by atoms with Crippen LogP contribution in [0.3, 0.4) is 0 Å². The molecule has 1 N–H and O–H groups in total. The van der Waals surface area contributed by atoms with Crippen molar-refractivity contribution in [2.45, 2.75) is 43.7 Å². The summed E-state index contributed by atoms with van der Waals surface area (Å²) in [5.41, 5.74) is 4.07. The van der Waals surface area contributed by atoms with Gasteiger partial charge in [0.2, 0.25) is 0 Å². The molecule has 1 aliphatic carbocycles. The quantitative estimate of drug-likeness (QED) is 0.635. The summed E-state index contributed by atoms with van der Waals surface area (Å²) in [6.45, 7) is 2.71. The first-order chi connectivity index (χ1) is 15.9. The van der Waals surface area contributed by atoms with Crippen molar-refractivity contribution in [2.75, 3.05) is 25.5 Å². The van der Waals surface area contributed by atoms with Crippen molar-refractivity contribution in [3.05, 3.63) is 78.1 Å². The second kappa shape index (κ2) is 8.27. The van der Waals surface area contributed by atoms with Gasteiger partial charge in [-0.05, 0) is 52.3 Å². The molecule has 5 rings (SSSR count). The molecule has 6 heteroatoms. The van der Waals surface area contributed by atoms with E-state index in [1.807, 2.05) is 12.1 Å². The van der Waals surface area contributed by atoms with Gasteiger partial charge in [0.15, 0.2) is 5.82 Å². The Bertz CT molecular complexity index is 1120. The summed E-state index contributed by atoms with van der Waals surface area (Å²) in [6, 6.07) is 18.8. The highest BCUT2D eigenvalue weighted by Gasteiger charge is 2.50. The molecule has 6 nitrogen and oxygen atoms in total. The van der Waals surface area contributed by atoms with Gasteiger partial charge in [0.05, 0.1) is 30.2 Å². The fourth-order valence-electron chi connectivity index (χ4n) is 5.40. The third-order valence-corrected chi connectivity index (χ3v) is 7.54. The highest BCUT2D eigenvalue weighted by Crippen LogP contribution is 2.46. The van der Waals surface area contributed by atoms with E-state index < -0.39 is 0 Å². The van der Waals surface area contributed by atoms with Crippen LogP contribution in [0.5, 0.6) is 0 Å². The van der Waals surface area contributed by atoms with Crippen molar-refractivity contribution in [2.24, 2.45) is 0 Å². The smallest absolute Gasteiger partial charge is 0.322 e. The number of carbonyl (C=O) groups excluding carboxylic acids is 1. The minimum Gasteiger partial charge on any atom is -0.330 e. The summed E-state index contributed by atoms with van der Waals surface area (Å²) in [4.78, 5) is 26.2. The van der Waals surface area contributed by atoms with E-state index >= 15 is 0 Å². The predicted molar refractivity (Wildman–Crippen MR) is 131 cm³/mol. The molecule has 2 heterocycles. The minimum atomic E-state index is -0.207. The molecular formula is C27H31N5O. The number of benzene rings is 2. The number of anilines is 1. The Kier molecular flexibility index (Phi) is 5.41. The maximum Gasteiger partial charge on any atom is 0.322 e. The number of aryl methyl sites for hydroxylation is 1. The van der Waals surface area contributed by atoms with Crippen LogP contribution in [-0.4, -0.2) is 47.1 Å². The number of urea groups is 1. The van der Waals surface area contributed by atoms with Crippen molar-refractivity contribution in [3.8, 4) is 11.4 Å². The molecule has 2 aliphatic rings. The van der Waals surface area contributed by atoms with Gasteiger partial charge in [-0.25, -0.2) is 14.8 Å².